The molecule has 0 aliphatic carbocycles. The lowest BCUT2D eigenvalue weighted by molar-refractivity contribution is 0.0357. The van der Waals surface area contributed by atoms with Gasteiger partial charge in [-0.1, -0.05) is 12.1 Å². The summed E-state index contributed by atoms with van der Waals surface area (Å²) in [5.74, 6) is 0.608. The summed E-state index contributed by atoms with van der Waals surface area (Å²) in [5.41, 5.74) is 4.57. The van der Waals surface area contributed by atoms with Gasteiger partial charge >= 0.3 is 0 Å². The molecule has 0 bridgehead atoms. The Bertz CT molecular complexity index is 1420. The molecule has 3 heterocycles. The molecule has 2 fully saturated rings. The molecule has 8 nitrogen and oxygen atoms in total. The maximum Gasteiger partial charge on any atom is 0.165 e. The topological polar surface area (TPSA) is 72.0 Å². The van der Waals surface area contributed by atoms with E-state index in [9.17, 15) is 4.39 Å². The van der Waals surface area contributed by atoms with Crippen LogP contribution in [0.4, 0.5) is 21.6 Å². The van der Waals surface area contributed by atoms with Crippen LogP contribution in [0.25, 0.3) is 22.0 Å². The first-order chi connectivity index (χ1) is 19.7. The Hall–Kier alpha value is -3.79. The number of rotatable bonds is 9. The van der Waals surface area contributed by atoms with Crippen molar-refractivity contribution in [2.24, 2.45) is 0 Å². The van der Waals surface area contributed by atoms with Crippen molar-refractivity contribution in [2.75, 3.05) is 76.0 Å². The van der Waals surface area contributed by atoms with Gasteiger partial charge in [-0.15, -0.1) is 0 Å². The molecule has 2 aliphatic rings. The molecule has 0 unspecified atom stereocenters. The lowest BCUT2D eigenvalue weighted by Gasteiger charge is -2.28. The monoisotopic (exact) mass is 543 g/mol. The number of anilines is 3. The van der Waals surface area contributed by atoms with Crippen LogP contribution in [-0.2, 0) is 9.47 Å². The van der Waals surface area contributed by atoms with Gasteiger partial charge in [0.05, 0.1) is 38.6 Å². The van der Waals surface area contributed by atoms with E-state index >= 15 is 0 Å². The number of hydrogen-bond donors (Lipinski definition) is 1. The van der Waals surface area contributed by atoms with Crippen LogP contribution in [0.5, 0.6) is 5.75 Å². The summed E-state index contributed by atoms with van der Waals surface area (Å²) in [5, 5.41) is 4.29. The van der Waals surface area contributed by atoms with Crippen LogP contribution in [-0.4, -0.2) is 80.6 Å². The molecule has 2 saturated heterocycles. The van der Waals surface area contributed by atoms with E-state index in [2.05, 4.69) is 49.4 Å². The maximum absolute atomic E-state index is 15.0. The first kappa shape index (κ1) is 26.4. The molecule has 9 heteroatoms. The molecule has 0 spiro atoms. The Balaban J connectivity index is 1.13. The number of nitrogens with one attached hydrogen (secondary N) is 1. The van der Waals surface area contributed by atoms with Crippen molar-refractivity contribution in [2.45, 2.75) is 6.42 Å². The zero-order valence-electron chi connectivity index (χ0n) is 22.5. The van der Waals surface area contributed by atoms with Gasteiger partial charge in [0.25, 0.3) is 0 Å². The third kappa shape index (κ3) is 6.33. The molecule has 2 aliphatic heterocycles. The number of benzene rings is 3. The normalized spacial score (nSPS) is 16.3. The highest BCUT2D eigenvalue weighted by molar-refractivity contribution is 5.94. The van der Waals surface area contributed by atoms with Crippen molar-refractivity contribution >= 4 is 28.1 Å². The van der Waals surface area contributed by atoms with Crippen LogP contribution in [0.15, 0.2) is 67.0 Å². The highest BCUT2D eigenvalue weighted by atomic mass is 19.1. The van der Waals surface area contributed by atoms with Gasteiger partial charge in [-0.2, -0.15) is 0 Å². The standard InChI is InChI=1S/C31H34FN5O3/c32-28-21-24(3-9-30(28)40-15-1-10-36-11-16-38-17-12-36)23-2-8-29-27(20-23)31(34-22-33-29)35-25-4-6-26(7-5-25)37-13-18-39-19-14-37/h2-9,20-22H,1,10-19H2,(H,33,34,35). The molecule has 208 valence electrons. The van der Waals surface area contributed by atoms with Gasteiger partial charge in [-0.25, -0.2) is 14.4 Å². The summed E-state index contributed by atoms with van der Waals surface area (Å²) in [6.45, 7) is 8.14. The number of morpholine rings is 2. The van der Waals surface area contributed by atoms with E-state index in [-0.39, 0.29) is 11.6 Å². The quantitative estimate of drug-likeness (QED) is 0.292. The Morgan fingerprint density at radius 3 is 2.33 bits per heavy atom. The minimum Gasteiger partial charge on any atom is -0.490 e. The second kappa shape index (κ2) is 12.6. The summed E-state index contributed by atoms with van der Waals surface area (Å²) < 4.78 is 31.6. The van der Waals surface area contributed by atoms with Crippen LogP contribution in [0.3, 0.4) is 0 Å². The minimum absolute atomic E-state index is 0.276. The van der Waals surface area contributed by atoms with Crippen molar-refractivity contribution in [3.63, 3.8) is 0 Å². The Kier molecular flexibility index (Phi) is 8.32. The van der Waals surface area contributed by atoms with Gasteiger partial charge in [0.2, 0.25) is 0 Å². The molecule has 0 atom stereocenters. The smallest absolute Gasteiger partial charge is 0.165 e. The fourth-order valence-corrected chi connectivity index (χ4v) is 5.14. The number of nitrogens with zero attached hydrogens (tertiary/aromatic N) is 4. The van der Waals surface area contributed by atoms with Crippen molar-refractivity contribution in [1.29, 1.82) is 0 Å². The second-order valence-corrected chi connectivity index (χ2v) is 10.0. The number of hydrogen-bond acceptors (Lipinski definition) is 8. The SMILES string of the molecule is Fc1cc(-c2ccc3ncnc(Nc4ccc(N5CCOCC5)cc4)c3c2)ccc1OCCCN1CCOCC1. The molecule has 3 aromatic carbocycles. The maximum atomic E-state index is 15.0. The fraction of sp³-hybridized carbons (Fsp3) is 0.355. The van der Waals surface area contributed by atoms with Crippen molar-refractivity contribution in [1.82, 2.24) is 14.9 Å². The van der Waals surface area contributed by atoms with Gasteiger partial charge in [-0.05, 0) is 66.1 Å². The summed E-state index contributed by atoms with van der Waals surface area (Å²) >= 11 is 0. The van der Waals surface area contributed by atoms with E-state index in [1.807, 2.05) is 24.3 Å². The zero-order valence-corrected chi connectivity index (χ0v) is 22.5. The molecule has 6 rings (SSSR count). The van der Waals surface area contributed by atoms with E-state index in [4.69, 9.17) is 14.2 Å². The molecule has 0 amide bonds. The van der Waals surface area contributed by atoms with Crippen molar-refractivity contribution < 1.29 is 18.6 Å². The third-order valence-corrected chi connectivity index (χ3v) is 7.39. The summed E-state index contributed by atoms with van der Waals surface area (Å²) in [6.07, 6.45) is 2.40. The largest absolute Gasteiger partial charge is 0.490 e. The highest BCUT2D eigenvalue weighted by Gasteiger charge is 2.13. The summed E-state index contributed by atoms with van der Waals surface area (Å²) in [6, 6.07) is 19.3. The first-order valence-corrected chi connectivity index (χ1v) is 13.9. The molecule has 1 N–H and O–H groups in total. The summed E-state index contributed by atoms with van der Waals surface area (Å²) in [7, 11) is 0. The lowest BCUT2D eigenvalue weighted by Crippen LogP contribution is -2.37. The Morgan fingerprint density at radius 2 is 1.55 bits per heavy atom. The van der Waals surface area contributed by atoms with Gasteiger partial charge in [0.15, 0.2) is 11.6 Å². The number of fused-ring (bicyclic) bond motifs is 1. The number of halogens is 1. The number of ether oxygens (including phenoxy) is 3. The van der Waals surface area contributed by atoms with E-state index in [1.54, 1.807) is 12.4 Å². The summed E-state index contributed by atoms with van der Waals surface area (Å²) in [4.78, 5) is 13.6. The van der Waals surface area contributed by atoms with Gasteiger partial charge in [-0.3, -0.25) is 4.90 Å². The van der Waals surface area contributed by atoms with Crippen LogP contribution in [0.2, 0.25) is 0 Å². The van der Waals surface area contributed by atoms with E-state index in [1.165, 1.54) is 11.8 Å². The van der Waals surface area contributed by atoms with Crippen molar-refractivity contribution in [3.05, 3.63) is 72.8 Å². The van der Waals surface area contributed by atoms with E-state index in [0.29, 0.717) is 12.4 Å². The molecule has 0 radical (unpaired) electrons. The van der Waals surface area contributed by atoms with Crippen molar-refractivity contribution in [3.8, 4) is 16.9 Å². The number of aromatic nitrogens is 2. The molecule has 0 saturated carbocycles. The second-order valence-electron chi connectivity index (χ2n) is 10.0. The zero-order chi connectivity index (χ0) is 27.1. The molecule has 1 aromatic heterocycles. The Morgan fingerprint density at radius 1 is 0.825 bits per heavy atom. The Labute approximate surface area is 233 Å². The van der Waals surface area contributed by atoms with Gasteiger partial charge < -0.3 is 24.4 Å². The van der Waals surface area contributed by atoms with Crippen LogP contribution in [0.1, 0.15) is 6.42 Å². The average Bonchev–Trinajstić information content (AvgIpc) is 3.01. The van der Waals surface area contributed by atoms with Gasteiger partial charge in [0, 0.05) is 49.5 Å². The van der Waals surface area contributed by atoms with Crippen LogP contribution >= 0.6 is 0 Å². The minimum atomic E-state index is -0.369. The molecule has 4 aromatic rings. The van der Waals surface area contributed by atoms with Crippen LogP contribution < -0.4 is 15.0 Å². The van der Waals surface area contributed by atoms with Crippen LogP contribution in [0, 0.1) is 5.82 Å². The highest BCUT2D eigenvalue weighted by Crippen LogP contribution is 2.31. The molecular weight excluding hydrogens is 509 g/mol. The third-order valence-electron chi connectivity index (χ3n) is 7.39. The predicted molar refractivity (Wildman–Crippen MR) is 155 cm³/mol. The van der Waals surface area contributed by atoms with Gasteiger partial charge in [0.1, 0.15) is 12.1 Å². The average molecular weight is 544 g/mol. The molecule has 40 heavy (non-hydrogen) atoms. The first-order valence-electron chi connectivity index (χ1n) is 13.9. The van der Waals surface area contributed by atoms with E-state index in [0.717, 1.165) is 93.3 Å². The lowest BCUT2D eigenvalue weighted by atomic mass is 10.0. The van der Waals surface area contributed by atoms with E-state index < -0.39 is 0 Å². The fourth-order valence-electron chi connectivity index (χ4n) is 5.14. The predicted octanol–water partition coefficient (Wildman–Crippen LogP) is 5.12. The molecular formula is C31H34FN5O3.